The van der Waals surface area contributed by atoms with Crippen LogP contribution in [0.25, 0.3) is 0 Å². The van der Waals surface area contributed by atoms with E-state index in [1.54, 1.807) is 0 Å². The maximum Gasteiger partial charge on any atom is 0.103 e. The second kappa shape index (κ2) is 6.03. The molecule has 1 heterocycles. The van der Waals surface area contributed by atoms with Crippen LogP contribution in [0.15, 0.2) is 6.20 Å². The van der Waals surface area contributed by atoms with Crippen LogP contribution in [0.3, 0.4) is 0 Å². The minimum Gasteiger partial charge on any atom is -0.310 e. The molecule has 0 spiro atoms. The summed E-state index contributed by atoms with van der Waals surface area (Å²) in [6.07, 6.45) is 2.01. The summed E-state index contributed by atoms with van der Waals surface area (Å²) in [5.41, 5.74) is 0. The number of rotatable bonds is 5. The monoisotopic (exact) mass is 258 g/mol. The molecule has 0 bridgehead atoms. The fourth-order valence-electron chi connectivity index (χ4n) is 1.28. The van der Waals surface area contributed by atoms with Crippen molar-refractivity contribution < 1.29 is 0 Å². The Morgan fingerprint density at radius 1 is 1.50 bits per heavy atom. The van der Waals surface area contributed by atoms with Crippen LogP contribution in [-0.2, 0) is 5.75 Å². The third-order valence-corrected chi connectivity index (χ3v) is 4.78. The van der Waals surface area contributed by atoms with E-state index >= 15 is 0 Å². The summed E-state index contributed by atoms with van der Waals surface area (Å²) >= 11 is 3.78. The number of thioether (sulfide) groups is 1. The maximum absolute atomic E-state index is 4.48. The molecule has 1 N–H and O–H groups in total. The fraction of sp³-hybridized carbons (Fsp3) is 0.750. The van der Waals surface area contributed by atoms with Crippen LogP contribution in [0.4, 0.5) is 0 Å². The van der Waals surface area contributed by atoms with E-state index in [0.29, 0.717) is 10.8 Å². The quantitative estimate of drug-likeness (QED) is 0.868. The van der Waals surface area contributed by atoms with Gasteiger partial charge in [-0.15, -0.1) is 23.1 Å². The van der Waals surface area contributed by atoms with Gasteiger partial charge in [0.25, 0.3) is 0 Å². The van der Waals surface area contributed by atoms with Gasteiger partial charge in [-0.2, -0.15) is 0 Å². The highest BCUT2D eigenvalue weighted by Gasteiger charge is 2.13. The van der Waals surface area contributed by atoms with Crippen LogP contribution in [0.2, 0.25) is 0 Å². The first-order valence-electron chi connectivity index (χ1n) is 5.74. The van der Waals surface area contributed by atoms with Gasteiger partial charge in [-0.25, -0.2) is 4.98 Å². The van der Waals surface area contributed by atoms with Crippen LogP contribution in [-0.4, -0.2) is 16.3 Å². The molecule has 1 unspecified atom stereocenters. The van der Waals surface area contributed by atoms with E-state index in [1.165, 1.54) is 9.88 Å². The molecule has 1 aromatic rings. The van der Waals surface area contributed by atoms with Crippen LogP contribution >= 0.6 is 23.1 Å². The predicted octanol–water partition coefficient (Wildman–Crippen LogP) is 3.85. The third kappa shape index (κ3) is 4.85. The second-order valence-corrected chi connectivity index (χ2v) is 7.79. The van der Waals surface area contributed by atoms with Crippen molar-refractivity contribution in [3.8, 4) is 0 Å². The molecule has 0 amide bonds. The lowest BCUT2D eigenvalue weighted by molar-refractivity contribution is 0.606. The largest absolute Gasteiger partial charge is 0.310 e. The zero-order chi connectivity index (χ0) is 12.2. The van der Waals surface area contributed by atoms with Crippen molar-refractivity contribution in [2.75, 3.05) is 6.54 Å². The molecule has 0 saturated heterocycles. The van der Waals surface area contributed by atoms with E-state index in [9.17, 15) is 0 Å². The highest BCUT2D eigenvalue weighted by molar-refractivity contribution is 7.99. The van der Waals surface area contributed by atoms with Gasteiger partial charge < -0.3 is 5.32 Å². The van der Waals surface area contributed by atoms with E-state index in [0.717, 1.165) is 12.3 Å². The van der Waals surface area contributed by atoms with Crippen molar-refractivity contribution in [3.05, 3.63) is 16.1 Å². The molecule has 92 valence electrons. The van der Waals surface area contributed by atoms with E-state index < -0.39 is 0 Å². The Morgan fingerprint density at radius 3 is 2.75 bits per heavy atom. The minimum absolute atomic E-state index is 0.319. The van der Waals surface area contributed by atoms with E-state index in [1.807, 2.05) is 29.3 Å². The van der Waals surface area contributed by atoms with Gasteiger partial charge in [-0.1, -0.05) is 27.7 Å². The number of nitrogens with zero attached hydrogens (tertiary/aromatic N) is 1. The van der Waals surface area contributed by atoms with E-state index in [-0.39, 0.29) is 0 Å². The lowest BCUT2D eigenvalue weighted by Crippen LogP contribution is -2.16. The molecule has 0 aliphatic carbocycles. The number of aromatic nitrogens is 1. The molecule has 0 aliphatic rings. The van der Waals surface area contributed by atoms with Gasteiger partial charge >= 0.3 is 0 Å². The molecule has 0 aromatic carbocycles. The highest BCUT2D eigenvalue weighted by atomic mass is 32.2. The zero-order valence-corrected chi connectivity index (χ0v) is 12.5. The zero-order valence-electron chi connectivity index (χ0n) is 10.8. The van der Waals surface area contributed by atoms with Crippen molar-refractivity contribution >= 4 is 23.1 Å². The smallest absolute Gasteiger partial charge is 0.103 e. The average molecular weight is 258 g/mol. The molecule has 0 radical (unpaired) electrons. The van der Waals surface area contributed by atoms with E-state index in [2.05, 4.69) is 44.9 Å². The molecule has 0 fully saturated rings. The Labute approximate surface area is 107 Å². The van der Waals surface area contributed by atoms with Crippen LogP contribution in [0.1, 0.15) is 50.5 Å². The van der Waals surface area contributed by atoms with Gasteiger partial charge in [0.05, 0.1) is 0 Å². The van der Waals surface area contributed by atoms with Gasteiger partial charge in [0.1, 0.15) is 5.01 Å². The summed E-state index contributed by atoms with van der Waals surface area (Å²) in [4.78, 5) is 5.82. The Bertz CT molecular complexity index is 315. The third-order valence-electron chi connectivity index (χ3n) is 2.14. The van der Waals surface area contributed by atoms with Crippen molar-refractivity contribution in [2.24, 2.45) is 0 Å². The summed E-state index contributed by atoms with van der Waals surface area (Å²) < 4.78 is 0.319. The van der Waals surface area contributed by atoms with Crippen molar-refractivity contribution in [2.45, 2.75) is 51.2 Å². The molecule has 16 heavy (non-hydrogen) atoms. The minimum atomic E-state index is 0.319. The van der Waals surface area contributed by atoms with Crippen molar-refractivity contribution in [3.63, 3.8) is 0 Å². The molecule has 1 atom stereocenters. The Morgan fingerprint density at radius 2 is 2.19 bits per heavy atom. The van der Waals surface area contributed by atoms with Gasteiger partial charge in [-0.05, 0) is 13.5 Å². The van der Waals surface area contributed by atoms with E-state index in [4.69, 9.17) is 0 Å². The van der Waals surface area contributed by atoms with Crippen LogP contribution in [0, 0.1) is 0 Å². The molecule has 1 aromatic heterocycles. The number of hydrogen-bond donors (Lipinski definition) is 1. The van der Waals surface area contributed by atoms with Gasteiger partial charge in [0.15, 0.2) is 0 Å². The molecular weight excluding hydrogens is 236 g/mol. The summed E-state index contributed by atoms with van der Waals surface area (Å²) in [6.45, 7) is 12.1. The predicted molar refractivity (Wildman–Crippen MR) is 75.3 cm³/mol. The summed E-state index contributed by atoms with van der Waals surface area (Å²) in [5.74, 6) is 1.02. The molecule has 2 nitrogen and oxygen atoms in total. The normalized spacial score (nSPS) is 14.1. The lowest BCUT2D eigenvalue weighted by atomic mass is 10.3. The molecular formula is C12H22N2S2. The summed E-state index contributed by atoms with van der Waals surface area (Å²) in [7, 11) is 0. The molecule has 0 saturated carbocycles. The first-order valence-corrected chi connectivity index (χ1v) is 7.54. The summed E-state index contributed by atoms with van der Waals surface area (Å²) in [6, 6.07) is 0.427. The second-order valence-electron chi connectivity index (χ2n) is 4.84. The number of thiazole rings is 1. The van der Waals surface area contributed by atoms with Crippen LogP contribution in [0.5, 0.6) is 0 Å². The first kappa shape index (κ1) is 14.0. The highest BCUT2D eigenvalue weighted by Crippen LogP contribution is 2.30. The van der Waals surface area contributed by atoms with Crippen molar-refractivity contribution in [1.82, 2.24) is 10.3 Å². The van der Waals surface area contributed by atoms with Crippen molar-refractivity contribution in [1.29, 1.82) is 0 Å². The van der Waals surface area contributed by atoms with Gasteiger partial charge in [0.2, 0.25) is 0 Å². The fourth-order valence-corrected chi connectivity index (χ4v) is 3.06. The molecule has 1 rings (SSSR count). The average Bonchev–Trinajstić information content (AvgIpc) is 2.62. The topological polar surface area (TPSA) is 24.9 Å². The Balaban J connectivity index is 2.51. The maximum atomic E-state index is 4.48. The number of hydrogen-bond acceptors (Lipinski definition) is 4. The Kier molecular flexibility index (Phi) is 5.28. The first-order chi connectivity index (χ1) is 7.42. The summed E-state index contributed by atoms with van der Waals surface area (Å²) in [5, 5.41) is 4.65. The molecule has 0 aliphatic heterocycles. The Hall–Kier alpha value is -0.0600. The van der Waals surface area contributed by atoms with Crippen LogP contribution < -0.4 is 5.32 Å². The SMILES string of the molecule is CCNC(C)c1cnc(CSC(C)(C)C)s1. The number of nitrogens with one attached hydrogen (secondary N) is 1. The van der Waals surface area contributed by atoms with Gasteiger partial charge in [0, 0.05) is 27.6 Å². The molecule has 4 heteroatoms. The van der Waals surface area contributed by atoms with Gasteiger partial charge in [-0.3, -0.25) is 0 Å². The lowest BCUT2D eigenvalue weighted by Gasteiger charge is -2.16. The standard InChI is InChI=1S/C12H22N2S2/c1-6-13-9(2)10-7-14-11(16-10)8-15-12(3,4)5/h7,9,13H,6,8H2,1-5H3.